The molecule has 1 aromatic carbocycles. The Morgan fingerprint density at radius 3 is 2.24 bits per heavy atom. The number of aromatic nitrogens is 1. The number of methoxy groups -OCH3 is 1. The second-order valence-electron chi connectivity index (χ2n) is 4.17. The Labute approximate surface area is 121 Å². The average Bonchev–Trinajstić information content (AvgIpc) is 2.53. The molecule has 0 saturated carbocycles. The smallest absolute Gasteiger partial charge is 0.339 e. The molecule has 0 amide bonds. The van der Waals surface area contributed by atoms with E-state index in [4.69, 9.17) is 9.47 Å². The first kappa shape index (κ1) is 14.5. The van der Waals surface area contributed by atoms with E-state index in [-0.39, 0.29) is 18.0 Å². The highest BCUT2D eigenvalue weighted by Gasteiger charge is 2.12. The molecule has 6 heteroatoms. The lowest BCUT2D eigenvalue weighted by molar-refractivity contribution is -0.605. The van der Waals surface area contributed by atoms with Crippen molar-refractivity contribution in [3.8, 4) is 5.75 Å². The van der Waals surface area contributed by atoms with Crippen molar-refractivity contribution >= 4 is 11.8 Å². The summed E-state index contributed by atoms with van der Waals surface area (Å²) in [6.07, 6.45) is 2.36. The van der Waals surface area contributed by atoms with Crippen molar-refractivity contribution in [3.05, 3.63) is 65.1 Å². The van der Waals surface area contributed by atoms with Crippen molar-refractivity contribution in [2.75, 3.05) is 13.7 Å². The van der Waals surface area contributed by atoms with E-state index in [1.165, 1.54) is 31.6 Å². The minimum Gasteiger partial charge on any atom is -0.619 e. The molecular formula is C15H13NO5. The number of carbonyl (C=O) groups is 2. The van der Waals surface area contributed by atoms with Crippen LogP contribution in [0.15, 0.2) is 48.8 Å². The quantitative estimate of drug-likeness (QED) is 0.359. The van der Waals surface area contributed by atoms with Crippen LogP contribution in [0, 0.1) is 5.21 Å². The van der Waals surface area contributed by atoms with Crippen LogP contribution in [-0.4, -0.2) is 25.5 Å². The van der Waals surface area contributed by atoms with Gasteiger partial charge in [-0.05, 0) is 24.3 Å². The number of carbonyl (C=O) groups excluding carboxylic acids is 2. The lowest BCUT2D eigenvalue weighted by Crippen LogP contribution is -2.24. The van der Waals surface area contributed by atoms with Gasteiger partial charge >= 0.3 is 5.97 Å². The van der Waals surface area contributed by atoms with Crippen LogP contribution in [0.3, 0.4) is 0 Å². The van der Waals surface area contributed by atoms with Gasteiger partial charge in [0.2, 0.25) is 0 Å². The van der Waals surface area contributed by atoms with Crippen LogP contribution in [0.5, 0.6) is 5.75 Å². The fraction of sp³-hybridized carbons (Fsp3) is 0.133. The standard InChI is InChI=1S/C15H13NO5/c1-20-13-4-2-11(3-5-13)14(17)10-21-15(18)12-6-8-16(19)9-7-12/h2-9H,10H2,1H3. The first-order valence-electron chi connectivity index (χ1n) is 6.13. The van der Waals surface area contributed by atoms with Gasteiger partial charge in [0.15, 0.2) is 24.8 Å². The third-order valence-electron chi connectivity index (χ3n) is 2.78. The molecule has 0 radical (unpaired) electrons. The molecule has 0 bridgehead atoms. The zero-order valence-electron chi connectivity index (χ0n) is 11.3. The summed E-state index contributed by atoms with van der Waals surface area (Å²) in [5.74, 6) is -0.336. The van der Waals surface area contributed by atoms with E-state index in [9.17, 15) is 14.8 Å². The van der Waals surface area contributed by atoms with Gasteiger partial charge in [-0.2, -0.15) is 4.73 Å². The predicted octanol–water partition coefficient (Wildman–Crippen LogP) is 1.37. The molecule has 2 rings (SSSR count). The summed E-state index contributed by atoms with van der Waals surface area (Å²) in [6.45, 7) is -0.364. The van der Waals surface area contributed by atoms with Crippen LogP contribution < -0.4 is 9.47 Å². The van der Waals surface area contributed by atoms with Crippen LogP contribution >= 0.6 is 0 Å². The molecular weight excluding hydrogens is 274 g/mol. The molecule has 0 atom stereocenters. The number of benzene rings is 1. The van der Waals surface area contributed by atoms with Crippen molar-refractivity contribution < 1.29 is 23.8 Å². The maximum absolute atomic E-state index is 11.9. The van der Waals surface area contributed by atoms with E-state index >= 15 is 0 Å². The molecule has 0 aliphatic carbocycles. The molecule has 0 N–H and O–H groups in total. The van der Waals surface area contributed by atoms with Gasteiger partial charge in [-0.3, -0.25) is 4.79 Å². The van der Waals surface area contributed by atoms with Crippen molar-refractivity contribution in [1.82, 2.24) is 0 Å². The fourth-order valence-corrected chi connectivity index (χ4v) is 1.62. The molecule has 0 aliphatic rings. The van der Waals surface area contributed by atoms with Crippen LogP contribution in [-0.2, 0) is 4.74 Å². The normalized spacial score (nSPS) is 9.95. The van der Waals surface area contributed by atoms with Crippen LogP contribution in [0.25, 0.3) is 0 Å². The molecule has 0 fully saturated rings. The van der Waals surface area contributed by atoms with E-state index in [0.717, 1.165) is 0 Å². The third-order valence-corrected chi connectivity index (χ3v) is 2.78. The minimum absolute atomic E-state index is 0.213. The van der Waals surface area contributed by atoms with Gasteiger partial charge in [-0.1, -0.05) is 0 Å². The SMILES string of the molecule is COc1ccc(C(=O)COC(=O)c2cc[n+]([O-])cc2)cc1. The Bertz CT molecular complexity index is 634. The maximum atomic E-state index is 11.9. The topological polar surface area (TPSA) is 79.5 Å². The lowest BCUT2D eigenvalue weighted by atomic mass is 10.1. The van der Waals surface area contributed by atoms with Crippen LogP contribution in [0.2, 0.25) is 0 Å². The van der Waals surface area contributed by atoms with E-state index in [1.54, 1.807) is 24.3 Å². The second kappa shape index (κ2) is 6.51. The van der Waals surface area contributed by atoms with E-state index in [1.807, 2.05) is 0 Å². The van der Waals surface area contributed by atoms with Gasteiger partial charge in [0.25, 0.3) is 0 Å². The van der Waals surface area contributed by atoms with Gasteiger partial charge in [0.1, 0.15) is 5.75 Å². The van der Waals surface area contributed by atoms with Crippen LogP contribution in [0.4, 0.5) is 0 Å². The van der Waals surface area contributed by atoms with Gasteiger partial charge in [0, 0.05) is 17.7 Å². The summed E-state index contributed by atoms with van der Waals surface area (Å²) >= 11 is 0. The Balaban J connectivity index is 1.93. The Kier molecular flexibility index (Phi) is 4.50. The number of hydrogen-bond donors (Lipinski definition) is 0. The fourth-order valence-electron chi connectivity index (χ4n) is 1.62. The molecule has 0 spiro atoms. The number of esters is 1. The van der Waals surface area contributed by atoms with Crippen molar-refractivity contribution in [2.24, 2.45) is 0 Å². The number of pyridine rings is 1. The van der Waals surface area contributed by atoms with Crippen LogP contribution in [0.1, 0.15) is 20.7 Å². The highest BCUT2D eigenvalue weighted by molar-refractivity contribution is 5.99. The number of ketones is 1. The molecule has 0 saturated heterocycles. The lowest BCUT2D eigenvalue weighted by Gasteiger charge is -2.05. The number of Topliss-reactive ketones (excluding diaryl/α,β-unsaturated/α-hetero) is 1. The summed E-state index contributed by atoms with van der Waals surface area (Å²) in [6, 6.07) is 9.15. The molecule has 21 heavy (non-hydrogen) atoms. The number of hydrogen-bond acceptors (Lipinski definition) is 5. The van der Waals surface area contributed by atoms with Crippen molar-refractivity contribution in [3.63, 3.8) is 0 Å². The number of nitrogens with zero attached hydrogens (tertiary/aromatic N) is 1. The molecule has 0 unspecified atom stereocenters. The van der Waals surface area contributed by atoms with Gasteiger partial charge < -0.3 is 14.7 Å². The van der Waals surface area contributed by atoms with Gasteiger partial charge in [0.05, 0.1) is 12.7 Å². The summed E-state index contributed by atoms with van der Waals surface area (Å²) in [4.78, 5) is 23.5. The maximum Gasteiger partial charge on any atom is 0.339 e. The summed E-state index contributed by atoms with van der Waals surface area (Å²) < 4.78 is 10.5. The first-order valence-corrected chi connectivity index (χ1v) is 6.13. The summed E-state index contributed by atoms with van der Waals surface area (Å²) in [5, 5.41) is 10.8. The number of rotatable bonds is 5. The van der Waals surface area contributed by atoms with E-state index < -0.39 is 5.97 Å². The summed E-state index contributed by atoms with van der Waals surface area (Å²) in [7, 11) is 1.53. The Morgan fingerprint density at radius 2 is 1.67 bits per heavy atom. The Hall–Kier alpha value is -2.89. The monoisotopic (exact) mass is 287 g/mol. The summed E-state index contributed by atoms with van der Waals surface area (Å²) in [5.41, 5.74) is 0.638. The zero-order valence-corrected chi connectivity index (χ0v) is 11.3. The van der Waals surface area contributed by atoms with Crippen molar-refractivity contribution in [2.45, 2.75) is 0 Å². The first-order chi connectivity index (χ1) is 10.1. The highest BCUT2D eigenvalue weighted by atomic mass is 16.5. The molecule has 0 aliphatic heterocycles. The molecule has 2 aromatic rings. The molecule has 1 heterocycles. The van der Waals surface area contributed by atoms with Crippen molar-refractivity contribution in [1.29, 1.82) is 0 Å². The Morgan fingerprint density at radius 1 is 1.05 bits per heavy atom. The highest BCUT2D eigenvalue weighted by Crippen LogP contribution is 2.12. The molecule has 108 valence electrons. The minimum atomic E-state index is -0.655. The molecule has 6 nitrogen and oxygen atoms in total. The van der Waals surface area contributed by atoms with Gasteiger partial charge in [-0.15, -0.1) is 0 Å². The molecule has 1 aromatic heterocycles. The van der Waals surface area contributed by atoms with E-state index in [0.29, 0.717) is 16.0 Å². The number of ether oxygens (including phenoxy) is 2. The van der Waals surface area contributed by atoms with Gasteiger partial charge in [-0.25, -0.2) is 4.79 Å². The average molecular weight is 287 g/mol. The second-order valence-corrected chi connectivity index (χ2v) is 4.17. The predicted molar refractivity (Wildman–Crippen MR) is 73.0 cm³/mol. The van der Waals surface area contributed by atoms with E-state index in [2.05, 4.69) is 0 Å². The largest absolute Gasteiger partial charge is 0.619 e. The third kappa shape index (κ3) is 3.79. The zero-order chi connectivity index (χ0) is 15.2.